The molecule has 0 saturated carbocycles. The molecule has 0 radical (unpaired) electrons. The van der Waals surface area contributed by atoms with Crippen LogP contribution in [0, 0.1) is 0 Å². The van der Waals surface area contributed by atoms with Gasteiger partial charge in [0.2, 0.25) is 0 Å². The van der Waals surface area contributed by atoms with E-state index < -0.39 is 0 Å². The molecule has 1 atom stereocenters. The Hall–Kier alpha value is -2.23. The number of benzene rings is 1. The summed E-state index contributed by atoms with van der Waals surface area (Å²) in [4.78, 5) is 11.9. The monoisotopic (exact) mass is 286 g/mol. The van der Waals surface area contributed by atoms with Gasteiger partial charge in [-0.1, -0.05) is 6.92 Å². The van der Waals surface area contributed by atoms with Crippen molar-refractivity contribution in [3.05, 3.63) is 54.0 Å². The van der Waals surface area contributed by atoms with Crippen LogP contribution in [-0.4, -0.2) is 11.9 Å². The number of hydrogen-bond donors (Lipinski definition) is 2. The van der Waals surface area contributed by atoms with Crippen molar-refractivity contribution in [2.75, 3.05) is 5.32 Å². The van der Waals surface area contributed by atoms with Gasteiger partial charge in [-0.15, -0.1) is 0 Å². The zero-order valence-corrected chi connectivity index (χ0v) is 12.7. The van der Waals surface area contributed by atoms with Crippen LogP contribution in [-0.2, 0) is 0 Å². The minimum Gasteiger partial charge on any atom is -0.467 e. The van der Waals surface area contributed by atoms with Gasteiger partial charge in [0.05, 0.1) is 12.3 Å². The van der Waals surface area contributed by atoms with Crippen LogP contribution in [0.1, 0.15) is 49.4 Å². The van der Waals surface area contributed by atoms with Crippen molar-refractivity contribution < 1.29 is 9.21 Å². The van der Waals surface area contributed by atoms with Gasteiger partial charge in [-0.25, -0.2) is 0 Å². The predicted molar refractivity (Wildman–Crippen MR) is 84.4 cm³/mol. The SMILES string of the molecule is CCC(Nc1ccc(C(=O)NC(C)C)cc1)c1ccco1. The molecule has 0 spiro atoms. The molecule has 0 bridgehead atoms. The molecule has 2 rings (SSSR count). The molecular formula is C17H22N2O2. The van der Waals surface area contributed by atoms with Gasteiger partial charge in [0.1, 0.15) is 5.76 Å². The number of furan rings is 1. The topological polar surface area (TPSA) is 54.3 Å². The third kappa shape index (κ3) is 4.12. The van der Waals surface area contributed by atoms with Crippen LogP contribution in [0.2, 0.25) is 0 Å². The zero-order valence-electron chi connectivity index (χ0n) is 12.7. The Labute approximate surface area is 125 Å². The molecule has 1 unspecified atom stereocenters. The summed E-state index contributed by atoms with van der Waals surface area (Å²) in [7, 11) is 0. The second-order valence-corrected chi connectivity index (χ2v) is 5.33. The molecule has 1 aromatic carbocycles. The molecule has 21 heavy (non-hydrogen) atoms. The average molecular weight is 286 g/mol. The van der Waals surface area contributed by atoms with E-state index in [4.69, 9.17) is 4.42 Å². The lowest BCUT2D eigenvalue weighted by Crippen LogP contribution is -2.29. The summed E-state index contributed by atoms with van der Waals surface area (Å²) < 4.78 is 5.44. The fourth-order valence-corrected chi connectivity index (χ4v) is 2.13. The van der Waals surface area contributed by atoms with Crippen molar-refractivity contribution in [2.45, 2.75) is 39.3 Å². The van der Waals surface area contributed by atoms with E-state index in [0.717, 1.165) is 17.9 Å². The Morgan fingerprint density at radius 1 is 1.19 bits per heavy atom. The second-order valence-electron chi connectivity index (χ2n) is 5.33. The number of carbonyl (C=O) groups is 1. The van der Waals surface area contributed by atoms with Crippen LogP contribution in [0.3, 0.4) is 0 Å². The molecule has 0 aliphatic rings. The summed E-state index contributed by atoms with van der Waals surface area (Å²) in [6, 6.07) is 11.6. The Morgan fingerprint density at radius 3 is 2.43 bits per heavy atom. The van der Waals surface area contributed by atoms with E-state index in [1.165, 1.54) is 0 Å². The number of hydrogen-bond acceptors (Lipinski definition) is 3. The molecule has 2 N–H and O–H groups in total. The van der Waals surface area contributed by atoms with Gasteiger partial charge < -0.3 is 15.1 Å². The van der Waals surface area contributed by atoms with Gasteiger partial charge in [0.15, 0.2) is 0 Å². The molecule has 0 aliphatic carbocycles. The van der Waals surface area contributed by atoms with Crippen molar-refractivity contribution in [2.24, 2.45) is 0 Å². The van der Waals surface area contributed by atoms with Crippen LogP contribution in [0.15, 0.2) is 47.1 Å². The Morgan fingerprint density at radius 2 is 1.90 bits per heavy atom. The lowest BCUT2D eigenvalue weighted by Gasteiger charge is -2.16. The molecule has 1 heterocycles. The number of nitrogens with one attached hydrogen (secondary N) is 2. The van der Waals surface area contributed by atoms with E-state index in [1.54, 1.807) is 6.26 Å². The first-order valence-corrected chi connectivity index (χ1v) is 7.31. The summed E-state index contributed by atoms with van der Waals surface area (Å²) in [6.07, 6.45) is 2.60. The summed E-state index contributed by atoms with van der Waals surface area (Å²) in [6.45, 7) is 6.00. The van der Waals surface area contributed by atoms with Gasteiger partial charge in [0, 0.05) is 17.3 Å². The third-order valence-electron chi connectivity index (χ3n) is 3.20. The molecule has 0 saturated heterocycles. The van der Waals surface area contributed by atoms with Crippen LogP contribution < -0.4 is 10.6 Å². The van der Waals surface area contributed by atoms with Crippen LogP contribution in [0.25, 0.3) is 0 Å². The molecule has 1 amide bonds. The lowest BCUT2D eigenvalue weighted by molar-refractivity contribution is 0.0943. The number of rotatable bonds is 6. The van der Waals surface area contributed by atoms with E-state index in [2.05, 4.69) is 17.6 Å². The highest BCUT2D eigenvalue weighted by Crippen LogP contribution is 2.23. The molecular weight excluding hydrogens is 264 g/mol. The van der Waals surface area contributed by atoms with Gasteiger partial charge in [0.25, 0.3) is 5.91 Å². The molecule has 2 aromatic rings. The highest BCUT2D eigenvalue weighted by molar-refractivity contribution is 5.94. The van der Waals surface area contributed by atoms with E-state index in [0.29, 0.717) is 5.56 Å². The first kappa shape index (κ1) is 15.2. The van der Waals surface area contributed by atoms with Crippen molar-refractivity contribution in [3.63, 3.8) is 0 Å². The third-order valence-corrected chi connectivity index (χ3v) is 3.20. The van der Waals surface area contributed by atoms with Gasteiger partial charge >= 0.3 is 0 Å². The van der Waals surface area contributed by atoms with Gasteiger partial charge in [-0.2, -0.15) is 0 Å². The number of anilines is 1. The lowest BCUT2D eigenvalue weighted by atomic mass is 10.1. The largest absolute Gasteiger partial charge is 0.467 e. The van der Waals surface area contributed by atoms with Crippen molar-refractivity contribution in [1.29, 1.82) is 0 Å². The van der Waals surface area contributed by atoms with Crippen molar-refractivity contribution in [1.82, 2.24) is 5.32 Å². The molecule has 0 fully saturated rings. The van der Waals surface area contributed by atoms with Crippen molar-refractivity contribution in [3.8, 4) is 0 Å². The summed E-state index contributed by atoms with van der Waals surface area (Å²) in [5.74, 6) is 0.869. The predicted octanol–water partition coefficient (Wildman–Crippen LogP) is 3.98. The normalized spacial score (nSPS) is 12.2. The summed E-state index contributed by atoms with van der Waals surface area (Å²) in [5.41, 5.74) is 1.64. The Kier molecular flexibility index (Phi) is 5.04. The molecule has 112 valence electrons. The molecule has 1 aromatic heterocycles. The quantitative estimate of drug-likeness (QED) is 0.844. The maximum atomic E-state index is 11.9. The molecule has 0 aliphatic heterocycles. The smallest absolute Gasteiger partial charge is 0.251 e. The van der Waals surface area contributed by atoms with E-state index in [1.807, 2.05) is 50.2 Å². The maximum Gasteiger partial charge on any atom is 0.251 e. The minimum absolute atomic E-state index is 0.0466. The maximum absolute atomic E-state index is 11.9. The zero-order chi connectivity index (χ0) is 15.2. The van der Waals surface area contributed by atoms with E-state index in [-0.39, 0.29) is 18.0 Å². The Bertz CT molecular complexity index is 559. The standard InChI is InChI=1S/C17H22N2O2/c1-4-15(16-6-5-11-21-16)19-14-9-7-13(8-10-14)17(20)18-12(2)3/h5-12,15,19H,4H2,1-3H3,(H,18,20). The average Bonchev–Trinajstić information content (AvgIpc) is 2.98. The number of amides is 1. The first-order valence-electron chi connectivity index (χ1n) is 7.31. The fourth-order valence-electron chi connectivity index (χ4n) is 2.13. The van der Waals surface area contributed by atoms with E-state index in [9.17, 15) is 4.79 Å². The van der Waals surface area contributed by atoms with Crippen molar-refractivity contribution >= 4 is 11.6 Å². The highest BCUT2D eigenvalue weighted by Gasteiger charge is 2.12. The van der Waals surface area contributed by atoms with Crippen LogP contribution >= 0.6 is 0 Å². The number of carbonyl (C=O) groups excluding carboxylic acids is 1. The van der Waals surface area contributed by atoms with Gasteiger partial charge in [-0.3, -0.25) is 4.79 Å². The Balaban J connectivity index is 2.03. The summed E-state index contributed by atoms with van der Waals surface area (Å²) in [5, 5.41) is 6.29. The summed E-state index contributed by atoms with van der Waals surface area (Å²) >= 11 is 0. The molecule has 4 heteroatoms. The minimum atomic E-state index is -0.0466. The van der Waals surface area contributed by atoms with Gasteiger partial charge in [-0.05, 0) is 56.7 Å². The van der Waals surface area contributed by atoms with E-state index >= 15 is 0 Å². The highest BCUT2D eigenvalue weighted by atomic mass is 16.3. The first-order chi connectivity index (χ1) is 10.1. The molecule has 4 nitrogen and oxygen atoms in total. The second kappa shape index (κ2) is 6.97. The van der Waals surface area contributed by atoms with Crippen LogP contribution in [0.4, 0.5) is 5.69 Å². The fraction of sp³-hybridized carbons (Fsp3) is 0.353. The van der Waals surface area contributed by atoms with Crippen LogP contribution in [0.5, 0.6) is 0 Å².